The van der Waals surface area contributed by atoms with Crippen molar-refractivity contribution in [2.24, 2.45) is 0 Å². The number of methoxy groups -OCH3 is 2. The van der Waals surface area contributed by atoms with E-state index in [1.807, 2.05) is 47.3 Å². The van der Waals surface area contributed by atoms with Gasteiger partial charge in [0.25, 0.3) is 0 Å². The first kappa shape index (κ1) is 18.1. The molecule has 0 saturated heterocycles. The number of fused-ring (bicyclic) bond motifs is 2. The number of imidazole rings is 1. The molecule has 5 rings (SSSR count). The summed E-state index contributed by atoms with van der Waals surface area (Å²) >= 11 is 0. The Morgan fingerprint density at radius 2 is 1.97 bits per heavy atom. The second-order valence-corrected chi connectivity index (χ2v) is 6.88. The Kier molecular flexibility index (Phi) is 4.48. The van der Waals surface area contributed by atoms with E-state index in [2.05, 4.69) is 27.1 Å². The van der Waals surface area contributed by atoms with Crippen LogP contribution < -0.4 is 9.47 Å². The SMILES string of the molecule is COc1ccc(-c2cnc3ncn(C=C4C=Cc5ncccc5C4)c3n2)c(OC)c1. The van der Waals surface area contributed by atoms with Gasteiger partial charge in [-0.2, -0.15) is 0 Å². The van der Waals surface area contributed by atoms with Gasteiger partial charge < -0.3 is 9.47 Å². The monoisotopic (exact) mass is 397 g/mol. The van der Waals surface area contributed by atoms with E-state index in [1.54, 1.807) is 26.7 Å². The first-order valence-corrected chi connectivity index (χ1v) is 9.50. The molecule has 4 aromatic rings. The molecule has 148 valence electrons. The largest absolute Gasteiger partial charge is 0.497 e. The molecule has 7 heteroatoms. The van der Waals surface area contributed by atoms with Crippen LogP contribution in [0.15, 0.2) is 60.7 Å². The minimum absolute atomic E-state index is 0.588. The molecule has 0 fully saturated rings. The average Bonchev–Trinajstić information content (AvgIpc) is 3.20. The lowest BCUT2D eigenvalue weighted by Gasteiger charge is -2.12. The van der Waals surface area contributed by atoms with Gasteiger partial charge in [0.2, 0.25) is 0 Å². The molecule has 3 heterocycles. The summed E-state index contributed by atoms with van der Waals surface area (Å²) in [6.45, 7) is 0. The van der Waals surface area contributed by atoms with Crippen LogP contribution in [0.25, 0.3) is 34.8 Å². The highest BCUT2D eigenvalue weighted by atomic mass is 16.5. The molecule has 3 aromatic heterocycles. The van der Waals surface area contributed by atoms with Crippen molar-refractivity contribution in [1.29, 1.82) is 0 Å². The smallest absolute Gasteiger partial charge is 0.197 e. The fourth-order valence-corrected chi connectivity index (χ4v) is 3.53. The molecule has 0 bridgehead atoms. The van der Waals surface area contributed by atoms with Gasteiger partial charge in [0, 0.05) is 30.4 Å². The third-order valence-electron chi connectivity index (χ3n) is 5.05. The van der Waals surface area contributed by atoms with Crippen LogP contribution in [0.1, 0.15) is 11.3 Å². The second-order valence-electron chi connectivity index (χ2n) is 6.88. The number of pyridine rings is 1. The molecule has 1 aliphatic carbocycles. The number of benzene rings is 1. The van der Waals surface area contributed by atoms with E-state index in [1.165, 1.54) is 5.56 Å². The Bertz CT molecular complexity index is 1310. The Morgan fingerprint density at radius 3 is 2.83 bits per heavy atom. The van der Waals surface area contributed by atoms with Gasteiger partial charge in [0.05, 0.1) is 31.8 Å². The number of ether oxygens (including phenoxy) is 2. The highest BCUT2D eigenvalue weighted by molar-refractivity contribution is 5.76. The van der Waals surface area contributed by atoms with Gasteiger partial charge in [0.1, 0.15) is 17.8 Å². The highest BCUT2D eigenvalue weighted by Gasteiger charge is 2.14. The Balaban J connectivity index is 1.55. The molecule has 0 spiro atoms. The summed E-state index contributed by atoms with van der Waals surface area (Å²) in [6.07, 6.45) is 12.2. The number of nitrogens with zero attached hydrogens (tertiary/aromatic N) is 5. The Hall–Kier alpha value is -4.00. The molecule has 0 unspecified atom stereocenters. The predicted octanol–water partition coefficient (Wildman–Crippen LogP) is 4.02. The van der Waals surface area contributed by atoms with Crippen LogP contribution in [0, 0.1) is 0 Å². The molecule has 1 aromatic carbocycles. The van der Waals surface area contributed by atoms with E-state index in [9.17, 15) is 0 Å². The van der Waals surface area contributed by atoms with Gasteiger partial charge >= 0.3 is 0 Å². The van der Waals surface area contributed by atoms with E-state index in [-0.39, 0.29) is 0 Å². The van der Waals surface area contributed by atoms with Crippen molar-refractivity contribution in [2.45, 2.75) is 6.42 Å². The van der Waals surface area contributed by atoms with Crippen molar-refractivity contribution in [3.63, 3.8) is 0 Å². The molecule has 0 atom stereocenters. The van der Waals surface area contributed by atoms with E-state index in [0.717, 1.165) is 29.0 Å². The molecule has 0 N–H and O–H groups in total. The summed E-state index contributed by atoms with van der Waals surface area (Å²) in [5, 5.41) is 0. The van der Waals surface area contributed by atoms with Crippen molar-refractivity contribution in [2.75, 3.05) is 14.2 Å². The van der Waals surface area contributed by atoms with Gasteiger partial charge in [-0.05, 0) is 35.4 Å². The minimum Gasteiger partial charge on any atom is -0.497 e. The molecule has 7 nitrogen and oxygen atoms in total. The van der Waals surface area contributed by atoms with Crippen LogP contribution in [-0.2, 0) is 6.42 Å². The second kappa shape index (κ2) is 7.44. The normalized spacial score (nSPS) is 14.1. The van der Waals surface area contributed by atoms with Gasteiger partial charge in [-0.3, -0.25) is 9.55 Å². The number of allylic oxidation sites excluding steroid dienone is 2. The topological polar surface area (TPSA) is 75.0 Å². The summed E-state index contributed by atoms with van der Waals surface area (Å²) in [5.74, 6) is 1.39. The molecule has 0 amide bonds. The number of rotatable bonds is 4. The van der Waals surface area contributed by atoms with E-state index < -0.39 is 0 Å². The summed E-state index contributed by atoms with van der Waals surface area (Å²) in [7, 11) is 3.25. The molecule has 0 aliphatic heterocycles. The summed E-state index contributed by atoms with van der Waals surface area (Å²) in [4.78, 5) is 18.1. The zero-order valence-corrected chi connectivity index (χ0v) is 16.6. The molecular formula is C23H19N5O2. The van der Waals surface area contributed by atoms with Crippen LogP contribution in [-0.4, -0.2) is 38.7 Å². The molecular weight excluding hydrogens is 378 g/mol. The van der Waals surface area contributed by atoms with Crippen molar-refractivity contribution in [1.82, 2.24) is 24.5 Å². The van der Waals surface area contributed by atoms with E-state index in [4.69, 9.17) is 14.5 Å². The maximum atomic E-state index is 5.52. The lowest BCUT2D eigenvalue weighted by molar-refractivity contribution is 0.395. The first-order valence-electron chi connectivity index (χ1n) is 9.50. The summed E-state index contributed by atoms with van der Waals surface area (Å²) < 4.78 is 12.7. The zero-order valence-electron chi connectivity index (χ0n) is 16.6. The standard InChI is InChI=1S/C23H19N5O2/c1-29-17-6-7-18(21(11-17)30-2)20-12-25-22-23(27-20)28(14-26-22)13-15-5-8-19-16(10-15)4-3-9-24-19/h3-9,11-14H,10H2,1-2H3. The van der Waals surface area contributed by atoms with Crippen molar-refractivity contribution < 1.29 is 9.47 Å². The summed E-state index contributed by atoms with van der Waals surface area (Å²) in [6, 6.07) is 9.68. The van der Waals surface area contributed by atoms with Crippen LogP contribution in [0.5, 0.6) is 11.5 Å². The Morgan fingerprint density at radius 1 is 1.03 bits per heavy atom. The minimum atomic E-state index is 0.588. The quantitative estimate of drug-likeness (QED) is 0.518. The Labute approximate surface area is 173 Å². The molecule has 30 heavy (non-hydrogen) atoms. The predicted molar refractivity (Wildman–Crippen MR) is 115 cm³/mol. The first-order chi connectivity index (χ1) is 14.7. The van der Waals surface area contributed by atoms with Crippen LogP contribution in [0.4, 0.5) is 0 Å². The highest BCUT2D eigenvalue weighted by Crippen LogP contribution is 2.32. The molecule has 1 aliphatic rings. The fourth-order valence-electron chi connectivity index (χ4n) is 3.53. The van der Waals surface area contributed by atoms with E-state index >= 15 is 0 Å². The van der Waals surface area contributed by atoms with Crippen LogP contribution >= 0.6 is 0 Å². The zero-order chi connectivity index (χ0) is 20.5. The number of hydrogen-bond donors (Lipinski definition) is 0. The van der Waals surface area contributed by atoms with Crippen molar-refractivity contribution >= 4 is 23.6 Å². The third kappa shape index (κ3) is 3.20. The third-order valence-corrected chi connectivity index (χ3v) is 5.05. The average molecular weight is 397 g/mol. The van der Waals surface area contributed by atoms with Gasteiger partial charge in [-0.15, -0.1) is 0 Å². The van der Waals surface area contributed by atoms with Crippen LogP contribution in [0.2, 0.25) is 0 Å². The van der Waals surface area contributed by atoms with Gasteiger partial charge in [-0.25, -0.2) is 15.0 Å². The lowest BCUT2D eigenvalue weighted by atomic mass is 9.98. The van der Waals surface area contributed by atoms with Gasteiger partial charge in [-0.1, -0.05) is 12.1 Å². The van der Waals surface area contributed by atoms with Crippen molar-refractivity contribution in [3.8, 4) is 22.8 Å². The van der Waals surface area contributed by atoms with Crippen LogP contribution in [0.3, 0.4) is 0 Å². The maximum Gasteiger partial charge on any atom is 0.197 e. The number of aromatic nitrogens is 5. The lowest BCUT2D eigenvalue weighted by Crippen LogP contribution is -2.01. The van der Waals surface area contributed by atoms with Gasteiger partial charge in [0.15, 0.2) is 11.3 Å². The van der Waals surface area contributed by atoms with E-state index in [0.29, 0.717) is 22.7 Å². The number of hydrogen-bond acceptors (Lipinski definition) is 6. The maximum absolute atomic E-state index is 5.52. The fraction of sp³-hybridized carbons (Fsp3) is 0.130. The molecule has 0 radical (unpaired) electrons. The van der Waals surface area contributed by atoms with Crippen molar-refractivity contribution in [3.05, 3.63) is 72.0 Å². The molecule has 0 saturated carbocycles. The summed E-state index contributed by atoms with van der Waals surface area (Å²) in [5.41, 5.74) is 6.17.